The van der Waals surface area contributed by atoms with Crippen molar-refractivity contribution in [3.63, 3.8) is 0 Å². The maximum atomic E-state index is 13.1. The van der Waals surface area contributed by atoms with Gasteiger partial charge in [0, 0.05) is 5.56 Å². The third-order valence-corrected chi connectivity index (χ3v) is 2.10. The molecule has 0 amide bonds. The Hall–Kier alpha value is -1.59. The number of carboxylic acid groups (broad SMARTS) is 1. The van der Waals surface area contributed by atoms with Gasteiger partial charge in [0.25, 0.3) is 0 Å². The van der Waals surface area contributed by atoms with Crippen molar-refractivity contribution in [2.45, 2.75) is 19.3 Å². The molecule has 2 nitrogen and oxygen atoms in total. The number of hydrogen-bond acceptors (Lipinski definition) is 1. The first-order chi connectivity index (χ1) is 7.23. The molecule has 0 spiro atoms. The highest BCUT2D eigenvalue weighted by Gasteiger charge is 2.32. The Morgan fingerprint density at radius 3 is 2.38 bits per heavy atom. The fourth-order valence-corrected chi connectivity index (χ4v) is 1.22. The Morgan fingerprint density at radius 1 is 1.38 bits per heavy atom. The Bertz CT molecular complexity index is 412. The molecule has 0 fully saturated rings. The third kappa shape index (κ3) is 2.50. The van der Waals surface area contributed by atoms with Crippen LogP contribution in [-0.2, 0) is 11.0 Å². The molecule has 0 radical (unpaired) electrons. The highest BCUT2D eigenvalue weighted by Crippen LogP contribution is 2.32. The molecule has 1 unspecified atom stereocenters. The van der Waals surface area contributed by atoms with Crippen LogP contribution in [0.5, 0.6) is 0 Å². The highest BCUT2D eigenvalue weighted by molar-refractivity contribution is 5.74. The minimum atomic E-state index is -4.61. The minimum Gasteiger partial charge on any atom is -0.479 e. The van der Waals surface area contributed by atoms with Crippen LogP contribution in [0.4, 0.5) is 17.6 Å². The first-order valence-corrected chi connectivity index (χ1v) is 4.28. The fourth-order valence-electron chi connectivity index (χ4n) is 1.22. The SMILES string of the molecule is Cc1ccc(C(F)(F)F)cc1C(F)C(=O)O. The summed E-state index contributed by atoms with van der Waals surface area (Å²) in [5, 5.41) is 8.40. The van der Waals surface area contributed by atoms with Gasteiger partial charge in [0.15, 0.2) is 0 Å². The van der Waals surface area contributed by atoms with Crippen LogP contribution in [0, 0.1) is 6.92 Å². The molecule has 0 saturated carbocycles. The number of hydrogen-bond donors (Lipinski definition) is 1. The maximum Gasteiger partial charge on any atom is 0.416 e. The van der Waals surface area contributed by atoms with Crippen molar-refractivity contribution in [3.05, 3.63) is 34.9 Å². The number of carbonyl (C=O) groups is 1. The summed E-state index contributed by atoms with van der Waals surface area (Å²) in [6.07, 6.45) is -7.05. The van der Waals surface area contributed by atoms with E-state index in [0.29, 0.717) is 6.07 Å². The van der Waals surface area contributed by atoms with Crippen LogP contribution in [-0.4, -0.2) is 11.1 Å². The number of aliphatic carboxylic acids is 1. The van der Waals surface area contributed by atoms with Crippen LogP contribution in [0.1, 0.15) is 22.9 Å². The number of halogens is 4. The second-order valence-electron chi connectivity index (χ2n) is 3.27. The lowest BCUT2D eigenvalue weighted by Crippen LogP contribution is -2.11. The summed E-state index contributed by atoms with van der Waals surface area (Å²) in [4.78, 5) is 10.4. The van der Waals surface area contributed by atoms with Crippen LogP contribution in [0.3, 0.4) is 0 Å². The van der Waals surface area contributed by atoms with Crippen LogP contribution in [0.25, 0.3) is 0 Å². The van der Waals surface area contributed by atoms with Crippen molar-refractivity contribution >= 4 is 5.97 Å². The quantitative estimate of drug-likeness (QED) is 0.801. The number of aryl methyl sites for hydroxylation is 1. The molecule has 0 aliphatic heterocycles. The van der Waals surface area contributed by atoms with E-state index in [0.717, 1.165) is 12.1 Å². The first kappa shape index (κ1) is 12.5. The standard InChI is InChI=1S/C10H8F4O2/c1-5-2-3-6(10(12,13)14)4-7(5)8(11)9(15)16/h2-4,8H,1H3,(H,15,16). The average Bonchev–Trinajstić information content (AvgIpc) is 2.15. The summed E-state index contributed by atoms with van der Waals surface area (Å²) in [5.41, 5.74) is -1.36. The Morgan fingerprint density at radius 2 is 1.94 bits per heavy atom. The summed E-state index contributed by atoms with van der Waals surface area (Å²) in [7, 11) is 0. The van der Waals surface area contributed by atoms with Crippen molar-refractivity contribution in [1.82, 2.24) is 0 Å². The monoisotopic (exact) mass is 236 g/mol. The van der Waals surface area contributed by atoms with Crippen LogP contribution in [0.15, 0.2) is 18.2 Å². The van der Waals surface area contributed by atoms with Gasteiger partial charge in [-0.3, -0.25) is 0 Å². The zero-order valence-corrected chi connectivity index (χ0v) is 8.18. The van der Waals surface area contributed by atoms with E-state index in [1.165, 1.54) is 6.92 Å². The molecule has 0 heterocycles. The molecule has 1 atom stereocenters. The third-order valence-electron chi connectivity index (χ3n) is 2.10. The summed E-state index contributed by atoms with van der Waals surface area (Å²) in [5.74, 6) is -1.80. The van der Waals surface area contributed by atoms with Gasteiger partial charge in [0.05, 0.1) is 5.56 Å². The predicted molar refractivity (Wildman–Crippen MR) is 47.7 cm³/mol. The van der Waals surface area contributed by atoms with E-state index < -0.39 is 29.4 Å². The Kier molecular flexibility index (Phi) is 3.21. The number of rotatable bonds is 2. The molecule has 1 N–H and O–H groups in total. The molecule has 0 aliphatic rings. The van der Waals surface area contributed by atoms with Crippen molar-refractivity contribution in [3.8, 4) is 0 Å². The van der Waals surface area contributed by atoms with E-state index in [9.17, 15) is 22.4 Å². The predicted octanol–water partition coefficient (Wildman–Crippen LogP) is 3.11. The van der Waals surface area contributed by atoms with Crippen LogP contribution in [0.2, 0.25) is 0 Å². The lowest BCUT2D eigenvalue weighted by Gasteiger charge is -2.12. The summed E-state index contributed by atoms with van der Waals surface area (Å²) < 4.78 is 50.0. The summed E-state index contributed by atoms with van der Waals surface area (Å²) in [6, 6.07) is 2.36. The van der Waals surface area contributed by atoms with E-state index >= 15 is 0 Å². The van der Waals surface area contributed by atoms with E-state index in [1.807, 2.05) is 0 Å². The minimum absolute atomic E-state index is 0.169. The van der Waals surface area contributed by atoms with E-state index in [2.05, 4.69) is 0 Å². The van der Waals surface area contributed by atoms with Gasteiger partial charge in [-0.2, -0.15) is 13.2 Å². The average molecular weight is 236 g/mol. The van der Waals surface area contributed by atoms with Crippen molar-refractivity contribution in [2.24, 2.45) is 0 Å². The molecule has 0 saturated heterocycles. The summed E-state index contributed by atoms with van der Waals surface area (Å²) in [6.45, 7) is 1.35. The Labute approximate surface area is 88.5 Å². The second kappa shape index (κ2) is 4.11. The van der Waals surface area contributed by atoms with Gasteiger partial charge in [-0.05, 0) is 24.6 Å². The normalized spacial score (nSPS) is 13.6. The van der Waals surface area contributed by atoms with Crippen molar-refractivity contribution < 1.29 is 27.5 Å². The van der Waals surface area contributed by atoms with Crippen LogP contribution < -0.4 is 0 Å². The first-order valence-electron chi connectivity index (χ1n) is 4.28. The van der Waals surface area contributed by atoms with Gasteiger partial charge in [-0.15, -0.1) is 0 Å². The lowest BCUT2D eigenvalue weighted by molar-refractivity contribution is -0.143. The van der Waals surface area contributed by atoms with Gasteiger partial charge >= 0.3 is 12.1 Å². The summed E-state index contributed by atoms with van der Waals surface area (Å²) >= 11 is 0. The number of alkyl halides is 4. The molecule has 1 aromatic rings. The largest absolute Gasteiger partial charge is 0.479 e. The Balaban J connectivity index is 3.24. The molecule has 0 aromatic heterocycles. The van der Waals surface area contributed by atoms with Crippen LogP contribution >= 0.6 is 0 Å². The second-order valence-corrected chi connectivity index (χ2v) is 3.27. The van der Waals surface area contributed by atoms with Gasteiger partial charge < -0.3 is 5.11 Å². The van der Waals surface area contributed by atoms with Crippen molar-refractivity contribution in [1.29, 1.82) is 0 Å². The molecule has 1 rings (SSSR count). The fraction of sp³-hybridized carbons (Fsp3) is 0.300. The van der Waals surface area contributed by atoms with E-state index in [-0.39, 0.29) is 5.56 Å². The smallest absolute Gasteiger partial charge is 0.416 e. The van der Waals surface area contributed by atoms with Gasteiger partial charge in [0.1, 0.15) is 0 Å². The van der Waals surface area contributed by atoms with Gasteiger partial charge in [0.2, 0.25) is 6.17 Å². The van der Waals surface area contributed by atoms with Gasteiger partial charge in [-0.1, -0.05) is 6.07 Å². The molecule has 6 heteroatoms. The molecule has 0 aliphatic carbocycles. The molecular weight excluding hydrogens is 228 g/mol. The van der Waals surface area contributed by atoms with E-state index in [4.69, 9.17) is 5.11 Å². The van der Waals surface area contributed by atoms with Gasteiger partial charge in [-0.25, -0.2) is 9.18 Å². The number of carboxylic acids is 1. The van der Waals surface area contributed by atoms with Crippen molar-refractivity contribution in [2.75, 3.05) is 0 Å². The zero-order valence-electron chi connectivity index (χ0n) is 8.18. The molecule has 88 valence electrons. The topological polar surface area (TPSA) is 37.3 Å². The molecule has 0 bridgehead atoms. The lowest BCUT2D eigenvalue weighted by atomic mass is 10.0. The zero-order chi connectivity index (χ0) is 12.5. The molecular formula is C10H8F4O2. The van der Waals surface area contributed by atoms with E-state index in [1.54, 1.807) is 0 Å². The maximum absolute atomic E-state index is 13.1. The number of benzene rings is 1. The molecule has 1 aromatic carbocycles. The molecule has 16 heavy (non-hydrogen) atoms. The highest BCUT2D eigenvalue weighted by atomic mass is 19.4.